The third-order valence-electron chi connectivity index (χ3n) is 2.66. The van der Waals surface area contributed by atoms with Gasteiger partial charge < -0.3 is 0 Å². The van der Waals surface area contributed by atoms with Crippen molar-refractivity contribution in [2.24, 2.45) is 5.10 Å². The maximum atomic E-state index is 11.4. The molecule has 4 nitrogen and oxygen atoms in total. The summed E-state index contributed by atoms with van der Waals surface area (Å²) in [6.07, 6.45) is 4.66. The molecule has 78 valence electrons. The lowest BCUT2D eigenvalue weighted by atomic mass is 9.87. The Morgan fingerprint density at radius 2 is 2.07 bits per heavy atom. The van der Waals surface area contributed by atoms with Crippen LogP contribution in [0, 0.1) is 0 Å². The second kappa shape index (κ2) is 2.89. The molecule has 4 heteroatoms. The average molecular weight is 204 g/mol. The van der Waals surface area contributed by atoms with Crippen molar-refractivity contribution in [3.63, 3.8) is 0 Å². The number of rotatable bonds is 0. The smallest absolute Gasteiger partial charge is 0.240 e. The summed E-state index contributed by atoms with van der Waals surface area (Å²) >= 11 is 0. The zero-order valence-electron chi connectivity index (χ0n) is 8.94. The maximum Gasteiger partial charge on any atom is 0.240 e. The molecule has 0 aromatic heterocycles. The molecule has 15 heavy (non-hydrogen) atoms. The number of hydrogen-bond donors (Lipinski definition) is 0. The van der Waals surface area contributed by atoms with E-state index in [2.05, 4.69) is 5.10 Å². The Balaban J connectivity index is 2.51. The molecule has 0 unspecified atom stereocenters. The monoisotopic (exact) mass is 204 g/mol. The SMILES string of the molecule is CC(=O)N1N=C2C=CC(=O)C=C2C1(C)C. The van der Waals surface area contributed by atoms with Gasteiger partial charge in [-0.1, -0.05) is 0 Å². The molecule has 0 fully saturated rings. The maximum absolute atomic E-state index is 11.4. The number of hydrazone groups is 1. The van der Waals surface area contributed by atoms with E-state index in [4.69, 9.17) is 0 Å². The molecule has 0 aromatic rings. The molecule has 1 amide bonds. The minimum Gasteiger partial charge on any atom is -0.290 e. The van der Waals surface area contributed by atoms with Crippen LogP contribution in [0.1, 0.15) is 20.8 Å². The van der Waals surface area contributed by atoms with Crippen LogP contribution in [0.25, 0.3) is 0 Å². The van der Waals surface area contributed by atoms with Crippen molar-refractivity contribution in [1.82, 2.24) is 5.01 Å². The Hall–Kier alpha value is -1.71. The van der Waals surface area contributed by atoms with Crippen molar-refractivity contribution in [1.29, 1.82) is 0 Å². The first-order valence-electron chi connectivity index (χ1n) is 4.77. The summed E-state index contributed by atoms with van der Waals surface area (Å²) in [6, 6.07) is 0. The van der Waals surface area contributed by atoms with Gasteiger partial charge in [0, 0.05) is 12.5 Å². The number of allylic oxidation sites excluding steroid dienone is 3. The van der Waals surface area contributed by atoms with Crippen LogP contribution in [0.15, 0.2) is 28.9 Å². The van der Waals surface area contributed by atoms with Crippen LogP contribution >= 0.6 is 0 Å². The fourth-order valence-electron chi connectivity index (χ4n) is 1.90. The highest BCUT2D eigenvalue weighted by molar-refractivity contribution is 6.22. The van der Waals surface area contributed by atoms with Crippen molar-refractivity contribution in [3.8, 4) is 0 Å². The largest absolute Gasteiger partial charge is 0.290 e. The first-order valence-corrected chi connectivity index (χ1v) is 4.77. The van der Waals surface area contributed by atoms with E-state index in [1.165, 1.54) is 18.0 Å². The second-order valence-corrected chi connectivity index (χ2v) is 4.17. The van der Waals surface area contributed by atoms with Gasteiger partial charge in [0.05, 0.1) is 11.3 Å². The summed E-state index contributed by atoms with van der Waals surface area (Å²) < 4.78 is 0. The van der Waals surface area contributed by atoms with Crippen molar-refractivity contribution in [2.45, 2.75) is 26.3 Å². The van der Waals surface area contributed by atoms with Gasteiger partial charge in [0.2, 0.25) is 5.91 Å². The number of nitrogens with zero attached hydrogens (tertiary/aromatic N) is 2. The number of ketones is 1. The molecule has 1 aliphatic heterocycles. The average Bonchev–Trinajstić information content (AvgIpc) is 2.39. The molecule has 2 aliphatic rings. The van der Waals surface area contributed by atoms with Gasteiger partial charge in [-0.15, -0.1) is 0 Å². The van der Waals surface area contributed by atoms with E-state index >= 15 is 0 Å². The Morgan fingerprint density at radius 1 is 1.40 bits per heavy atom. The van der Waals surface area contributed by atoms with E-state index in [-0.39, 0.29) is 11.7 Å². The molecule has 1 heterocycles. The Labute approximate surface area is 87.9 Å². The second-order valence-electron chi connectivity index (χ2n) is 4.17. The van der Waals surface area contributed by atoms with E-state index in [1.807, 2.05) is 13.8 Å². The minimum atomic E-state index is -0.526. The third-order valence-corrected chi connectivity index (χ3v) is 2.66. The summed E-state index contributed by atoms with van der Waals surface area (Å²) in [6.45, 7) is 5.22. The number of carbonyl (C=O) groups is 2. The Bertz CT molecular complexity index is 442. The molecule has 0 radical (unpaired) electrons. The third kappa shape index (κ3) is 1.33. The zero-order valence-corrected chi connectivity index (χ0v) is 8.94. The van der Waals surface area contributed by atoms with E-state index < -0.39 is 5.54 Å². The van der Waals surface area contributed by atoms with Crippen LogP contribution in [0.5, 0.6) is 0 Å². The quantitative estimate of drug-likeness (QED) is 0.554. The lowest BCUT2D eigenvalue weighted by Gasteiger charge is -2.29. The van der Waals surface area contributed by atoms with Crippen LogP contribution in [-0.2, 0) is 9.59 Å². The molecule has 1 aliphatic carbocycles. The first kappa shape index (κ1) is 9.83. The first-order chi connectivity index (χ1) is 6.93. The van der Waals surface area contributed by atoms with Crippen molar-refractivity contribution >= 4 is 17.4 Å². The molecule has 0 N–H and O–H groups in total. The van der Waals surface area contributed by atoms with Gasteiger partial charge in [-0.25, -0.2) is 5.01 Å². The van der Waals surface area contributed by atoms with E-state index in [9.17, 15) is 9.59 Å². The van der Waals surface area contributed by atoms with E-state index in [1.54, 1.807) is 12.2 Å². The number of carbonyl (C=O) groups excluding carboxylic acids is 2. The van der Waals surface area contributed by atoms with Crippen molar-refractivity contribution < 1.29 is 9.59 Å². The molecule has 2 rings (SSSR count). The highest BCUT2D eigenvalue weighted by atomic mass is 16.2. The van der Waals surface area contributed by atoms with Crippen LogP contribution in [0.2, 0.25) is 0 Å². The van der Waals surface area contributed by atoms with Crippen LogP contribution in [0.4, 0.5) is 0 Å². The highest BCUT2D eigenvalue weighted by Crippen LogP contribution is 2.33. The zero-order chi connectivity index (χ0) is 11.2. The predicted octanol–water partition coefficient (Wildman–Crippen LogP) is 1.05. The fourth-order valence-corrected chi connectivity index (χ4v) is 1.90. The van der Waals surface area contributed by atoms with Gasteiger partial charge in [-0.05, 0) is 32.1 Å². The molecular formula is C11H12N2O2. The molecular weight excluding hydrogens is 192 g/mol. The fraction of sp³-hybridized carbons (Fsp3) is 0.364. The van der Waals surface area contributed by atoms with Crippen LogP contribution in [-0.4, -0.2) is 27.9 Å². The minimum absolute atomic E-state index is 0.0533. The number of hydrogen-bond acceptors (Lipinski definition) is 3. The molecule has 0 saturated heterocycles. The van der Waals surface area contributed by atoms with Crippen LogP contribution in [0.3, 0.4) is 0 Å². The van der Waals surface area contributed by atoms with Gasteiger partial charge in [-0.3, -0.25) is 9.59 Å². The van der Waals surface area contributed by atoms with E-state index in [0.717, 1.165) is 5.57 Å². The van der Waals surface area contributed by atoms with Crippen LogP contribution < -0.4 is 0 Å². The van der Waals surface area contributed by atoms with Gasteiger partial charge in [0.1, 0.15) is 0 Å². The van der Waals surface area contributed by atoms with Crippen molar-refractivity contribution in [2.75, 3.05) is 0 Å². The summed E-state index contributed by atoms with van der Waals surface area (Å²) in [5.41, 5.74) is 0.988. The van der Waals surface area contributed by atoms with Gasteiger partial charge >= 0.3 is 0 Å². The summed E-state index contributed by atoms with van der Waals surface area (Å²) in [5.74, 6) is -0.175. The lowest BCUT2D eigenvalue weighted by molar-refractivity contribution is -0.132. The summed E-state index contributed by atoms with van der Waals surface area (Å²) in [4.78, 5) is 22.6. The molecule has 0 spiro atoms. The molecule has 0 atom stereocenters. The lowest BCUT2D eigenvalue weighted by Crippen LogP contribution is -2.41. The number of fused-ring (bicyclic) bond motifs is 1. The van der Waals surface area contributed by atoms with E-state index in [0.29, 0.717) is 5.71 Å². The predicted molar refractivity (Wildman–Crippen MR) is 56.3 cm³/mol. The Kier molecular flexibility index (Phi) is 1.89. The van der Waals surface area contributed by atoms with Crippen molar-refractivity contribution in [3.05, 3.63) is 23.8 Å². The number of amides is 1. The summed E-state index contributed by atoms with van der Waals surface area (Å²) in [5, 5.41) is 5.60. The van der Waals surface area contributed by atoms with Gasteiger partial charge in [0.25, 0.3) is 0 Å². The highest BCUT2D eigenvalue weighted by Gasteiger charge is 2.41. The van der Waals surface area contributed by atoms with Gasteiger partial charge in [-0.2, -0.15) is 5.10 Å². The standard InChI is InChI=1S/C11H12N2O2/c1-7(14)13-11(2,3)9-6-8(15)4-5-10(9)12-13/h4-6H,1-3H3. The Morgan fingerprint density at radius 3 is 2.67 bits per heavy atom. The van der Waals surface area contributed by atoms with Gasteiger partial charge in [0.15, 0.2) is 5.78 Å². The molecule has 0 bridgehead atoms. The molecule has 0 aromatic carbocycles. The summed E-state index contributed by atoms with van der Waals surface area (Å²) in [7, 11) is 0. The molecule has 0 saturated carbocycles. The topological polar surface area (TPSA) is 49.7 Å². The normalized spacial score (nSPS) is 22.3.